The van der Waals surface area contributed by atoms with Crippen LogP contribution in [0, 0.1) is 17.2 Å². The highest BCUT2D eigenvalue weighted by atomic mass is 15.0. The molecule has 2 rings (SSSR count). The maximum atomic E-state index is 8.70. The van der Waals surface area contributed by atoms with Crippen molar-refractivity contribution in [2.75, 3.05) is 0 Å². The minimum absolute atomic E-state index is 0.156. The number of rotatable bonds is 0. The Balaban J connectivity index is 1.99. The lowest BCUT2D eigenvalue weighted by molar-refractivity contribution is 0.326. The van der Waals surface area contributed by atoms with Crippen molar-refractivity contribution in [3.63, 3.8) is 0 Å². The Kier molecular flexibility index (Phi) is 1.83. The van der Waals surface area contributed by atoms with Gasteiger partial charge in [-0.15, -0.1) is 0 Å². The summed E-state index contributed by atoms with van der Waals surface area (Å²) >= 11 is 0. The lowest BCUT2D eigenvalue weighted by Gasteiger charge is -2.23. The lowest BCUT2D eigenvalue weighted by atomic mass is 9.85. The molecule has 1 aliphatic heterocycles. The van der Waals surface area contributed by atoms with E-state index in [0.717, 1.165) is 12.3 Å². The van der Waals surface area contributed by atoms with E-state index in [1.165, 1.54) is 25.7 Å². The van der Waals surface area contributed by atoms with Crippen molar-refractivity contribution in [3.8, 4) is 6.07 Å². The van der Waals surface area contributed by atoms with Crippen LogP contribution < -0.4 is 5.32 Å². The van der Waals surface area contributed by atoms with Gasteiger partial charge in [0.25, 0.3) is 0 Å². The van der Waals surface area contributed by atoms with Crippen molar-refractivity contribution >= 4 is 0 Å². The molecule has 3 atom stereocenters. The van der Waals surface area contributed by atoms with Crippen LogP contribution in [0.5, 0.6) is 0 Å². The number of fused-ring (bicyclic) bond motifs is 1. The minimum Gasteiger partial charge on any atom is -0.299 e. The van der Waals surface area contributed by atoms with Gasteiger partial charge >= 0.3 is 0 Å². The lowest BCUT2D eigenvalue weighted by Crippen LogP contribution is -2.32. The molecule has 0 aromatic heterocycles. The third-order valence-corrected chi connectivity index (χ3v) is 3.02. The van der Waals surface area contributed by atoms with Crippen LogP contribution in [0.15, 0.2) is 0 Å². The molecule has 2 fully saturated rings. The van der Waals surface area contributed by atoms with Gasteiger partial charge in [-0.1, -0.05) is 12.8 Å². The summed E-state index contributed by atoms with van der Waals surface area (Å²) in [6.45, 7) is 0. The second kappa shape index (κ2) is 2.83. The van der Waals surface area contributed by atoms with E-state index in [0.29, 0.717) is 6.04 Å². The van der Waals surface area contributed by atoms with Gasteiger partial charge in [0.05, 0.1) is 12.1 Å². The third kappa shape index (κ3) is 1.25. The Labute approximate surface area is 67.6 Å². The molecule has 11 heavy (non-hydrogen) atoms. The minimum atomic E-state index is 0.156. The fraction of sp³-hybridized carbons (Fsp3) is 0.889. The maximum absolute atomic E-state index is 8.70. The molecule has 60 valence electrons. The molecule has 1 saturated carbocycles. The van der Waals surface area contributed by atoms with E-state index in [2.05, 4.69) is 11.4 Å². The third-order valence-electron chi connectivity index (χ3n) is 3.02. The molecule has 1 heterocycles. The fourth-order valence-corrected chi connectivity index (χ4v) is 2.43. The van der Waals surface area contributed by atoms with E-state index in [1.54, 1.807) is 0 Å². The van der Waals surface area contributed by atoms with Crippen molar-refractivity contribution < 1.29 is 0 Å². The normalized spacial score (nSPS) is 43.0. The predicted octanol–water partition coefficient (Wildman–Crippen LogP) is 1.43. The molecule has 2 nitrogen and oxygen atoms in total. The average Bonchev–Trinajstić information content (AvgIpc) is 2.46. The summed E-state index contributed by atoms with van der Waals surface area (Å²) in [7, 11) is 0. The molecule has 0 bridgehead atoms. The summed E-state index contributed by atoms with van der Waals surface area (Å²) in [6.07, 6.45) is 6.47. The van der Waals surface area contributed by atoms with Crippen LogP contribution in [0.3, 0.4) is 0 Å². The molecule has 1 saturated heterocycles. The number of hydrogen-bond acceptors (Lipinski definition) is 2. The van der Waals surface area contributed by atoms with Gasteiger partial charge in [0, 0.05) is 6.04 Å². The van der Waals surface area contributed by atoms with Crippen LogP contribution in [-0.2, 0) is 0 Å². The van der Waals surface area contributed by atoms with Crippen LogP contribution in [0.1, 0.15) is 32.1 Å². The van der Waals surface area contributed by atoms with Gasteiger partial charge in [-0.05, 0) is 25.2 Å². The smallest absolute Gasteiger partial charge is 0.0958 e. The first-order valence-electron chi connectivity index (χ1n) is 4.56. The monoisotopic (exact) mass is 150 g/mol. The first-order chi connectivity index (χ1) is 5.40. The molecular weight excluding hydrogens is 136 g/mol. The summed E-state index contributed by atoms with van der Waals surface area (Å²) in [4.78, 5) is 0. The Morgan fingerprint density at radius 1 is 1.27 bits per heavy atom. The number of hydrogen-bond donors (Lipinski definition) is 1. The van der Waals surface area contributed by atoms with Gasteiger partial charge in [-0.2, -0.15) is 5.26 Å². The molecular formula is C9H14N2. The summed E-state index contributed by atoms with van der Waals surface area (Å²) in [6, 6.07) is 3.14. The van der Waals surface area contributed by atoms with Crippen LogP contribution in [0.25, 0.3) is 0 Å². The molecule has 0 unspecified atom stereocenters. The second-order valence-electron chi connectivity index (χ2n) is 3.74. The van der Waals surface area contributed by atoms with Crippen LogP contribution in [0.2, 0.25) is 0 Å². The van der Waals surface area contributed by atoms with Crippen LogP contribution >= 0.6 is 0 Å². The Hall–Kier alpha value is -0.550. The summed E-state index contributed by atoms with van der Waals surface area (Å²) in [5.74, 6) is 0.813. The van der Waals surface area contributed by atoms with Crippen molar-refractivity contribution in [2.45, 2.75) is 44.2 Å². The highest BCUT2D eigenvalue weighted by molar-refractivity contribution is 5.02. The van der Waals surface area contributed by atoms with E-state index in [-0.39, 0.29) is 6.04 Å². The fourth-order valence-electron chi connectivity index (χ4n) is 2.43. The van der Waals surface area contributed by atoms with Crippen molar-refractivity contribution in [1.82, 2.24) is 5.32 Å². The molecule has 1 N–H and O–H groups in total. The standard InChI is InChI=1S/C9H14N2/c10-6-8-5-7-3-1-2-4-9(7)11-8/h7-9,11H,1-5H2/t7-,8+,9+/m1/s1. The van der Waals surface area contributed by atoms with E-state index in [4.69, 9.17) is 5.26 Å². The molecule has 1 aliphatic carbocycles. The van der Waals surface area contributed by atoms with Gasteiger partial charge in [-0.25, -0.2) is 0 Å². The number of nitriles is 1. The van der Waals surface area contributed by atoms with Gasteiger partial charge in [0.2, 0.25) is 0 Å². The van der Waals surface area contributed by atoms with Crippen molar-refractivity contribution in [1.29, 1.82) is 5.26 Å². The highest BCUT2D eigenvalue weighted by Crippen LogP contribution is 2.32. The zero-order chi connectivity index (χ0) is 7.68. The van der Waals surface area contributed by atoms with Gasteiger partial charge in [-0.3, -0.25) is 5.32 Å². The Morgan fingerprint density at radius 2 is 2.09 bits per heavy atom. The molecule has 0 radical (unpaired) electrons. The van der Waals surface area contributed by atoms with Gasteiger partial charge < -0.3 is 0 Å². The second-order valence-corrected chi connectivity index (χ2v) is 3.74. The number of nitrogens with one attached hydrogen (secondary N) is 1. The molecule has 0 aromatic rings. The SMILES string of the molecule is N#C[C@@H]1C[C@H]2CCCC[C@@H]2N1. The maximum Gasteiger partial charge on any atom is 0.0958 e. The average molecular weight is 150 g/mol. The zero-order valence-electron chi connectivity index (χ0n) is 6.71. The molecule has 0 aromatic carbocycles. The van der Waals surface area contributed by atoms with E-state index in [1.807, 2.05) is 0 Å². The number of nitrogens with zero attached hydrogens (tertiary/aromatic N) is 1. The molecule has 2 aliphatic rings. The van der Waals surface area contributed by atoms with Crippen molar-refractivity contribution in [2.24, 2.45) is 5.92 Å². The zero-order valence-corrected chi connectivity index (χ0v) is 6.71. The quantitative estimate of drug-likeness (QED) is 0.567. The first-order valence-corrected chi connectivity index (χ1v) is 4.56. The molecule has 2 heteroatoms. The van der Waals surface area contributed by atoms with Gasteiger partial charge in [0.1, 0.15) is 0 Å². The molecule has 0 spiro atoms. The van der Waals surface area contributed by atoms with Crippen LogP contribution in [0.4, 0.5) is 0 Å². The summed E-state index contributed by atoms with van der Waals surface area (Å²) in [5, 5.41) is 12.1. The largest absolute Gasteiger partial charge is 0.299 e. The molecule has 0 amide bonds. The van der Waals surface area contributed by atoms with E-state index >= 15 is 0 Å². The Morgan fingerprint density at radius 3 is 2.82 bits per heavy atom. The predicted molar refractivity (Wildman–Crippen MR) is 42.9 cm³/mol. The van der Waals surface area contributed by atoms with Gasteiger partial charge in [0.15, 0.2) is 0 Å². The summed E-state index contributed by atoms with van der Waals surface area (Å²) in [5.41, 5.74) is 0. The topological polar surface area (TPSA) is 35.8 Å². The highest BCUT2D eigenvalue weighted by Gasteiger charge is 2.34. The first kappa shape index (κ1) is 7.12. The van der Waals surface area contributed by atoms with Crippen molar-refractivity contribution in [3.05, 3.63) is 0 Å². The summed E-state index contributed by atoms with van der Waals surface area (Å²) < 4.78 is 0. The Bertz CT molecular complexity index is 168. The van der Waals surface area contributed by atoms with E-state index < -0.39 is 0 Å². The van der Waals surface area contributed by atoms with E-state index in [9.17, 15) is 0 Å². The van der Waals surface area contributed by atoms with Crippen LogP contribution in [-0.4, -0.2) is 12.1 Å².